The van der Waals surface area contributed by atoms with Crippen LogP contribution in [0.4, 0.5) is 5.82 Å². The molecule has 0 spiro atoms. The number of carbonyl (C=O) groups excluding carboxylic acids is 1. The highest BCUT2D eigenvalue weighted by Crippen LogP contribution is 2.20. The average molecular weight is 299 g/mol. The van der Waals surface area contributed by atoms with Crippen molar-refractivity contribution >= 4 is 11.7 Å². The van der Waals surface area contributed by atoms with Crippen molar-refractivity contribution in [3.63, 3.8) is 0 Å². The monoisotopic (exact) mass is 299 g/mol. The normalized spacial score (nSPS) is 18.3. The smallest absolute Gasteiger partial charge is 0.274 e. The number of likely N-dealkylation sites (N-methyl/N-ethyl adjacent to an activating group) is 1. The van der Waals surface area contributed by atoms with Crippen LogP contribution in [0.3, 0.4) is 0 Å². The number of aryl methyl sites for hydroxylation is 1. The van der Waals surface area contributed by atoms with Gasteiger partial charge in [-0.1, -0.05) is 6.07 Å². The second kappa shape index (κ2) is 6.17. The summed E-state index contributed by atoms with van der Waals surface area (Å²) in [5.74, 6) is 0.958. The van der Waals surface area contributed by atoms with Crippen LogP contribution in [-0.4, -0.2) is 51.8 Å². The molecule has 116 valence electrons. The molecule has 0 N–H and O–H groups in total. The molecule has 0 aliphatic carbocycles. The van der Waals surface area contributed by atoms with Gasteiger partial charge in [-0.2, -0.15) is 5.10 Å². The van der Waals surface area contributed by atoms with Gasteiger partial charge in [0.15, 0.2) is 0 Å². The van der Waals surface area contributed by atoms with Gasteiger partial charge in [-0.3, -0.25) is 9.48 Å². The maximum atomic E-state index is 12.5. The number of nitrogens with zero attached hydrogens (tertiary/aromatic N) is 5. The quantitative estimate of drug-likeness (QED) is 0.863. The van der Waals surface area contributed by atoms with E-state index in [0.717, 1.165) is 31.7 Å². The Labute approximate surface area is 130 Å². The van der Waals surface area contributed by atoms with Crippen LogP contribution in [0.25, 0.3) is 0 Å². The number of amides is 1. The molecular weight excluding hydrogens is 278 g/mol. The van der Waals surface area contributed by atoms with E-state index in [4.69, 9.17) is 0 Å². The van der Waals surface area contributed by atoms with Crippen molar-refractivity contribution in [1.29, 1.82) is 0 Å². The van der Waals surface area contributed by atoms with Crippen LogP contribution < -0.4 is 4.90 Å². The maximum absolute atomic E-state index is 12.5. The Hall–Kier alpha value is -2.37. The van der Waals surface area contributed by atoms with Gasteiger partial charge in [-0.15, -0.1) is 0 Å². The van der Waals surface area contributed by atoms with E-state index in [2.05, 4.69) is 15.0 Å². The van der Waals surface area contributed by atoms with Gasteiger partial charge in [0.25, 0.3) is 5.91 Å². The van der Waals surface area contributed by atoms with Crippen LogP contribution >= 0.6 is 0 Å². The number of pyridine rings is 1. The number of piperidine rings is 1. The van der Waals surface area contributed by atoms with Crippen LogP contribution in [0, 0.1) is 0 Å². The van der Waals surface area contributed by atoms with Crippen molar-refractivity contribution in [2.45, 2.75) is 18.9 Å². The summed E-state index contributed by atoms with van der Waals surface area (Å²) < 4.78 is 1.65. The molecule has 22 heavy (non-hydrogen) atoms. The first-order valence-electron chi connectivity index (χ1n) is 7.58. The van der Waals surface area contributed by atoms with Gasteiger partial charge in [-0.25, -0.2) is 4.98 Å². The van der Waals surface area contributed by atoms with Crippen molar-refractivity contribution in [3.8, 4) is 0 Å². The summed E-state index contributed by atoms with van der Waals surface area (Å²) in [5, 5.41) is 4.20. The first-order valence-corrected chi connectivity index (χ1v) is 7.58. The Kier molecular flexibility index (Phi) is 4.09. The SMILES string of the molecule is CN(C(=O)c1ccn(C)n1)C1CCCN(c2ccccn2)C1. The summed E-state index contributed by atoms with van der Waals surface area (Å²) in [6.45, 7) is 1.80. The molecule has 1 unspecified atom stereocenters. The minimum Gasteiger partial charge on any atom is -0.355 e. The number of carbonyl (C=O) groups is 1. The van der Waals surface area contributed by atoms with Gasteiger partial charge < -0.3 is 9.80 Å². The van der Waals surface area contributed by atoms with Gasteiger partial charge in [0.1, 0.15) is 11.5 Å². The lowest BCUT2D eigenvalue weighted by molar-refractivity contribution is 0.0710. The van der Waals surface area contributed by atoms with Crippen molar-refractivity contribution in [3.05, 3.63) is 42.4 Å². The highest BCUT2D eigenvalue weighted by atomic mass is 16.2. The van der Waals surface area contributed by atoms with E-state index >= 15 is 0 Å². The Bertz CT molecular complexity index is 639. The first kappa shape index (κ1) is 14.6. The lowest BCUT2D eigenvalue weighted by atomic mass is 10.0. The molecule has 1 amide bonds. The number of aromatic nitrogens is 3. The molecule has 2 aromatic heterocycles. The van der Waals surface area contributed by atoms with Crippen LogP contribution in [0.15, 0.2) is 36.7 Å². The van der Waals surface area contributed by atoms with Crippen LogP contribution in [0.2, 0.25) is 0 Å². The number of hydrogen-bond acceptors (Lipinski definition) is 4. The van der Waals surface area contributed by atoms with E-state index in [1.807, 2.05) is 43.4 Å². The highest BCUT2D eigenvalue weighted by Gasteiger charge is 2.28. The molecule has 0 saturated carbocycles. The van der Waals surface area contributed by atoms with E-state index in [-0.39, 0.29) is 11.9 Å². The summed E-state index contributed by atoms with van der Waals surface area (Å²) in [7, 11) is 3.68. The molecule has 0 bridgehead atoms. The van der Waals surface area contributed by atoms with E-state index in [9.17, 15) is 4.79 Å². The summed E-state index contributed by atoms with van der Waals surface area (Å²) in [6, 6.07) is 7.88. The minimum absolute atomic E-state index is 0.0199. The number of anilines is 1. The zero-order chi connectivity index (χ0) is 15.5. The van der Waals surface area contributed by atoms with Crippen LogP contribution in [0.5, 0.6) is 0 Å². The third-order valence-electron chi connectivity index (χ3n) is 4.17. The predicted molar refractivity (Wildman–Crippen MR) is 84.8 cm³/mol. The molecule has 1 fully saturated rings. The zero-order valence-corrected chi connectivity index (χ0v) is 13.0. The van der Waals surface area contributed by atoms with Gasteiger partial charge >= 0.3 is 0 Å². The lowest BCUT2D eigenvalue weighted by Crippen LogP contribution is -2.49. The van der Waals surface area contributed by atoms with Crippen molar-refractivity contribution in [2.75, 3.05) is 25.0 Å². The summed E-state index contributed by atoms with van der Waals surface area (Å²) in [5.41, 5.74) is 0.500. The van der Waals surface area contributed by atoms with E-state index < -0.39 is 0 Å². The molecule has 1 atom stereocenters. The fraction of sp³-hybridized carbons (Fsp3) is 0.438. The predicted octanol–water partition coefficient (Wildman–Crippen LogP) is 1.56. The molecule has 6 heteroatoms. The van der Waals surface area contributed by atoms with Crippen LogP contribution in [0.1, 0.15) is 23.3 Å². The lowest BCUT2D eigenvalue weighted by Gasteiger charge is -2.38. The fourth-order valence-electron chi connectivity index (χ4n) is 2.90. The third kappa shape index (κ3) is 2.95. The Balaban J connectivity index is 1.70. The van der Waals surface area contributed by atoms with Crippen molar-refractivity contribution < 1.29 is 4.79 Å². The van der Waals surface area contributed by atoms with E-state index in [1.54, 1.807) is 16.9 Å². The van der Waals surface area contributed by atoms with Crippen LogP contribution in [-0.2, 0) is 7.05 Å². The van der Waals surface area contributed by atoms with Crippen molar-refractivity contribution in [2.24, 2.45) is 7.05 Å². The van der Waals surface area contributed by atoms with E-state index in [1.165, 1.54) is 0 Å². The molecule has 3 heterocycles. The molecule has 0 radical (unpaired) electrons. The Morgan fingerprint density at radius 1 is 1.36 bits per heavy atom. The molecule has 1 aliphatic rings. The summed E-state index contributed by atoms with van der Waals surface area (Å²) >= 11 is 0. The summed E-state index contributed by atoms with van der Waals surface area (Å²) in [4.78, 5) is 21.0. The Morgan fingerprint density at radius 2 is 2.23 bits per heavy atom. The maximum Gasteiger partial charge on any atom is 0.274 e. The molecule has 1 aliphatic heterocycles. The zero-order valence-electron chi connectivity index (χ0n) is 13.0. The molecule has 2 aromatic rings. The third-order valence-corrected chi connectivity index (χ3v) is 4.17. The molecular formula is C16H21N5O. The molecule has 0 aromatic carbocycles. The topological polar surface area (TPSA) is 54.3 Å². The van der Waals surface area contributed by atoms with Crippen molar-refractivity contribution in [1.82, 2.24) is 19.7 Å². The standard InChI is InChI=1S/C16H21N5O/c1-19-11-8-14(18-19)16(22)20(2)13-6-5-10-21(12-13)15-7-3-4-9-17-15/h3-4,7-9,11,13H,5-6,10,12H2,1-2H3. The number of rotatable bonds is 3. The largest absolute Gasteiger partial charge is 0.355 e. The average Bonchev–Trinajstić information content (AvgIpc) is 3.01. The van der Waals surface area contributed by atoms with Gasteiger partial charge in [0.05, 0.1) is 0 Å². The first-order chi connectivity index (χ1) is 10.6. The second-order valence-electron chi connectivity index (χ2n) is 5.72. The van der Waals surface area contributed by atoms with E-state index in [0.29, 0.717) is 5.69 Å². The molecule has 1 saturated heterocycles. The van der Waals surface area contributed by atoms with Gasteiger partial charge in [-0.05, 0) is 31.0 Å². The van der Waals surface area contributed by atoms with Gasteiger partial charge in [0.2, 0.25) is 0 Å². The minimum atomic E-state index is -0.0199. The number of hydrogen-bond donors (Lipinski definition) is 0. The highest BCUT2D eigenvalue weighted by molar-refractivity contribution is 5.92. The van der Waals surface area contributed by atoms with Gasteiger partial charge in [0, 0.05) is 45.6 Å². The molecule has 6 nitrogen and oxygen atoms in total. The molecule has 3 rings (SSSR count). The Morgan fingerprint density at radius 3 is 2.91 bits per heavy atom. The fourth-order valence-corrected chi connectivity index (χ4v) is 2.90. The second-order valence-corrected chi connectivity index (χ2v) is 5.72. The summed E-state index contributed by atoms with van der Waals surface area (Å²) in [6.07, 6.45) is 5.67.